The van der Waals surface area contributed by atoms with E-state index in [4.69, 9.17) is 4.98 Å². The van der Waals surface area contributed by atoms with Gasteiger partial charge in [-0.25, -0.2) is 4.98 Å². The number of hydrogen-bond acceptors (Lipinski definition) is 2. The number of aromatic nitrogens is 1. The summed E-state index contributed by atoms with van der Waals surface area (Å²) in [5.41, 5.74) is 5.69. The highest BCUT2D eigenvalue weighted by Gasteiger charge is 2.09. The first-order chi connectivity index (χ1) is 14.2. The quantitative estimate of drug-likeness (QED) is 0.256. The van der Waals surface area contributed by atoms with Crippen LogP contribution in [-0.4, -0.2) is 19.1 Å². The minimum Gasteiger partial charge on any atom is -0.378 e. The van der Waals surface area contributed by atoms with Crippen LogP contribution in [0, 0.1) is 0 Å². The summed E-state index contributed by atoms with van der Waals surface area (Å²) in [6, 6.07) is 29.9. The molecule has 0 atom stereocenters. The van der Waals surface area contributed by atoms with E-state index >= 15 is 0 Å². The van der Waals surface area contributed by atoms with E-state index in [-0.39, 0.29) is 0 Å². The van der Waals surface area contributed by atoms with Crippen molar-refractivity contribution in [3.8, 4) is 0 Å². The van der Waals surface area contributed by atoms with Crippen molar-refractivity contribution in [2.24, 2.45) is 0 Å². The van der Waals surface area contributed by atoms with E-state index in [0.717, 1.165) is 11.0 Å². The van der Waals surface area contributed by atoms with Gasteiger partial charge in [-0.1, -0.05) is 78.9 Å². The average molecular weight is 374 g/mol. The Morgan fingerprint density at radius 1 is 0.655 bits per heavy atom. The molecular formula is C27H22N2. The zero-order chi connectivity index (χ0) is 19.8. The Labute approximate surface area is 170 Å². The second kappa shape index (κ2) is 7.06. The molecule has 0 amide bonds. The molecule has 0 aliphatic rings. The maximum atomic E-state index is 5.01. The Hall–Kier alpha value is -3.65. The van der Waals surface area contributed by atoms with Crippen molar-refractivity contribution < 1.29 is 0 Å². The standard InChI is InChI=1S/C27H22N2/c1-29(2)21-15-11-19(12-16-21)13-17-23-24-9-5-6-10-26(24)28-27-22-8-4-3-7-20(22)14-18-25(23)27/h3-18H,1-2H3/b17-13-. The number of pyridine rings is 1. The first kappa shape index (κ1) is 17.4. The first-order valence-corrected chi connectivity index (χ1v) is 9.86. The Kier molecular flexibility index (Phi) is 4.25. The lowest BCUT2D eigenvalue weighted by molar-refractivity contribution is 1.13. The molecule has 1 aromatic heterocycles. The van der Waals surface area contributed by atoms with Crippen LogP contribution in [0.5, 0.6) is 0 Å². The third-order valence-electron chi connectivity index (χ3n) is 5.47. The second-order valence-electron chi connectivity index (χ2n) is 7.54. The van der Waals surface area contributed by atoms with Gasteiger partial charge in [0, 0.05) is 35.9 Å². The summed E-state index contributed by atoms with van der Waals surface area (Å²) in [6.45, 7) is 0. The normalized spacial score (nSPS) is 11.7. The van der Waals surface area contributed by atoms with E-state index in [9.17, 15) is 0 Å². The van der Waals surface area contributed by atoms with Gasteiger partial charge in [-0.05, 0) is 34.7 Å². The van der Waals surface area contributed by atoms with Crippen LogP contribution in [0.3, 0.4) is 0 Å². The van der Waals surface area contributed by atoms with Crippen molar-refractivity contribution >= 4 is 50.4 Å². The molecule has 0 radical (unpaired) electrons. The van der Waals surface area contributed by atoms with Gasteiger partial charge in [0.2, 0.25) is 0 Å². The fourth-order valence-corrected chi connectivity index (χ4v) is 3.90. The highest BCUT2D eigenvalue weighted by atomic mass is 15.1. The molecule has 0 spiro atoms. The lowest BCUT2D eigenvalue weighted by atomic mass is 9.98. The van der Waals surface area contributed by atoms with E-state index in [1.54, 1.807) is 0 Å². The fraction of sp³-hybridized carbons (Fsp3) is 0.0741. The molecule has 0 aliphatic carbocycles. The van der Waals surface area contributed by atoms with Crippen LogP contribution in [-0.2, 0) is 0 Å². The zero-order valence-corrected chi connectivity index (χ0v) is 16.6. The van der Waals surface area contributed by atoms with Gasteiger partial charge in [-0.2, -0.15) is 0 Å². The Morgan fingerprint density at radius 2 is 1.38 bits per heavy atom. The van der Waals surface area contributed by atoms with Gasteiger partial charge in [0.25, 0.3) is 0 Å². The highest BCUT2D eigenvalue weighted by Crippen LogP contribution is 2.32. The summed E-state index contributed by atoms with van der Waals surface area (Å²) in [6.07, 6.45) is 4.42. The van der Waals surface area contributed by atoms with Crippen molar-refractivity contribution in [2.45, 2.75) is 0 Å². The molecule has 140 valence electrons. The van der Waals surface area contributed by atoms with Crippen LogP contribution in [0.4, 0.5) is 5.69 Å². The predicted molar refractivity (Wildman–Crippen MR) is 126 cm³/mol. The third kappa shape index (κ3) is 3.13. The van der Waals surface area contributed by atoms with Gasteiger partial charge in [0.05, 0.1) is 11.0 Å². The number of rotatable bonds is 3. The number of hydrogen-bond donors (Lipinski definition) is 0. The SMILES string of the molecule is CN(C)c1ccc(/C=C\c2c3ccccc3nc3c2ccc2ccccc23)cc1. The summed E-state index contributed by atoms with van der Waals surface area (Å²) in [5.74, 6) is 0. The molecule has 0 aliphatic heterocycles. The first-order valence-electron chi connectivity index (χ1n) is 9.86. The molecule has 1 heterocycles. The monoisotopic (exact) mass is 374 g/mol. The molecule has 5 aromatic rings. The van der Waals surface area contributed by atoms with Crippen molar-refractivity contribution in [1.29, 1.82) is 0 Å². The van der Waals surface area contributed by atoms with Gasteiger partial charge < -0.3 is 4.90 Å². The Balaban J connectivity index is 1.73. The largest absolute Gasteiger partial charge is 0.378 e. The molecule has 0 saturated heterocycles. The van der Waals surface area contributed by atoms with Gasteiger partial charge >= 0.3 is 0 Å². The van der Waals surface area contributed by atoms with Gasteiger partial charge in [0.15, 0.2) is 0 Å². The Bertz CT molecular complexity index is 1360. The van der Waals surface area contributed by atoms with Crippen LogP contribution < -0.4 is 4.90 Å². The summed E-state index contributed by atoms with van der Waals surface area (Å²) in [7, 11) is 4.12. The highest BCUT2D eigenvalue weighted by molar-refractivity contribution is 6.13. The van der Waals surface area contributed by atoms with Crippen molar-refractivity contribution in [3.05, 3.63) is 96.1 Å². The van der Waals surface area contributed by atoms with E-state index < -0.39 is 0 Å². The summed E-state index contributed by atoms with van der Waals surface area (Å²) < 4.78 is 0. The van der Waals surface area contributed by atoms with E-state index in [2.05, 4.69) is 116 Å². The van der Waals surface area contributed by atoms with Crippen LogP contribution in [0.1, 0.15) is 11.1 Å². The fourth-order valence-electron chi connectivity index (χ4n) is 3.90. The summed E-state index contributed by atoms with van der Waals surface area (Å²) in [5, 5.41) is 4.78. The maximum absolute atomic E-state index is 5.01. The summed E-state index contributed by atoms with van der Waals surface area (Å²) in [4.78, 5) is 7.13. The minimum absolute atomic E-state index is 1.03. The molecule has 0 bridgehead atoms. The van der Waals surface area contributed by atoms with E-state index in [1.165, 1.54) is 38.4 Å². The molecule has 0 fully saturated rings. The lowest BCUT2D eigenvalue weighted by Crippen LogP contribution is -2.07. The lowest BCUT2D eigenvalue weighted by Gasteiger charge is -2.12. The smallest absolute Gasteiger partial charge is 0.0794 e. The Morgan fingerprint density at radius 3 is 2.17 bits per heavy atom. The van der Waals surface area contributed by atoms with Crippen molar-refractivity contribution in [1.82, 2.24) is 4.98 Å². The van der Waals surface area contributed by atoms with Crippen LogP contribution in [0.15, 0.2) is 84.9 Å². The minimum atomic E-state index is 1.03. The molecule has 0 saturated carbocycles. The average Bonchev–Trinajstić information content (AvgIpc) is 2.77. The van der Waals surface area contributed by atoms with Gasteiger partial charge in [-0.3, -0.25) is 0 Å². The van der Waals surface area contributed by atoms with E-state index in [0.29, 0.717) is 0 Å². The van der Waals surface area contributed by atoms with Crippen molar-refractivity contribution in [3.63, 3.8) is 0 Å². The number of nitrogens with zero attached hydrogens (tertiary/aromatic N) is 2. The zero-order valence-electron chi connectivity index (χ0n) is 16.6. The van der Waals surface area contributed by atoms with Gasteiger partial charge in [-0.15, -0.1) is 0 Å². The molecule has 0 unspecified atom stereocenters. The molecule has 2 heteroatoms. The molecule has 2 nitrogen and oxygen atoms in total. The number of fused-ring (bicyclic) bond motifs is 4. The van der Waals surface area contributed by atoms with Crippen LogP contribution >= 0.6 is 0 Å². The topological polar surface area (TPSA) is 16.1 Å². The van der Waals surface area contributed by atoms with Crippen LogP contribution in [0.25, 0.3) is 44.7 Å². The van der Waals surface area contributed by atoms with Gasteiger partial charge in [0.1, 0.15) is 0 Å². The molecule has 4 aromatic carbocycles. The predicted octanol–water partition coefficient (Wildman–Crippen LogP) is 6.78. The number of benzene rings is 4. The van der Waals surface area contributed by atoms with E-state index in [1.807, 2.05) is 0 Å². The maximum Gasteiger partial charge on any atom is 0.0794 e. The summed E-state index contributed by atoms with van der Waals surface area (Å²) >= 11 is 0. The third-order valence-corrected chi connectivity index (χ3v) is 5.47. The molecular weight excluding hydrogens is 352 g/mol. The molecule has 0 N–H and O–H groups in total. The number of anilines is 1. The second-order valence-corrected chi connectivity index (χ2v) is 7.54. The molecule has 5 rings (SSSR count). The van der Waals surface area contributed by atoms with Crippen LogP contribution in [0.2, 0.25) is 0 Å². The molecule has 29 heavy (non-hydrogen) atoms. The van der Waals surface area contributed by atoms with Crippen molar-refractivity contribution in [2.75, 3.05) is 19.0 Å². The number of para-hydroxylation sites is 1.